The van der Waals surface area contributed by atoms with Gasteiger partial charge in [-0.15, -0.1) is 10.2 Å². The van der Waals surface area contributed by atoms with Crippen LogP contribution in [0.1, 0.15) is 57.9 Å². The lowest BCUT2D eigenvalue weighted by Gasteiger charge is -2.26. The van der Waals surface area contributed by atoms with Crippen molar-refractivity contribution in [1.29, 1.82) is 0 Å². The van der Waals surface area contributed by atoms with Gasteiger partial charge in [0, 0.05) is 19.1 Å². The Kier molecular flexibility index (Phi) is 5.33. The minimum Gasteiger partial charge on any atom is -0.461 e. The quantitative estimate of drug-likeness (QED) is 0.736. The lowest BCUT2D eigenvalue weighted by molar-refractivity contribution is -0.129. The highest BCUT2D eigenvalue weighted by Gasteiger charge is 2.29. The molecule has 2 aromatic rings. The SMILES string of the molecule is CC(Sc1nnc(-c2ccco2)n1C1CCCCC1)C(=O)N1CCCC1. The molecule has 0 bridgehead atoms. The maximum Gasteiger partial charge on any atom is 0.235 e. The fraction of sp³-hybridized carbons (Fsp3) is 0.632. The van der Waals surface area contributed by atoms with Crippen LogP contribution in [-0.4, -0.2) is 43.9 Å². The number of carbonyl (C=O) groups is 1. The van der Waals surface area contributed by atoms with Crippen LogP contribution in [0.5, 0.6) is 0 Å². The Labute approximate surface area is 158 Å². The van der Waals surface area contributed by atoms with Crippen LogP contribution in [0.3, 0.4) is 0 Å². The molecule has 1 saturated carbocycles. The lowest BCUT2D eigenvalue weighted by Crippen LogP contribution is -2.34. The average molecular weight is 375 g/mol. The summed E-state index contributed by atoms with van der Waals surface area (Å²) >= 11 is 1.53. The second-order valence-corrected chi connectivity index (χ2v) is 8.55. The van der Waals surface area contributed by atoms with E-state index in [2.05, 4.69) is 14.8 Å². The molecule has 26 heavy (non-hydrogen) atoms. The third-order valence-electron chi connectivity index (χ3n) is 5.39. The van der Waals surface area contributed by atoms with Crippen molar-refractivity contribution in [3.63, 3.8) is 0 Å². The zero-order valence-electron chi connectivity index (χ0n) is 15.3. The van der Waals surface area contributed by atoms with E-state index in [-0.39, 0.29) is 11.2 Å². The number of aromatic nitrogens is 3. The highest BCUT2D eigenvalue weighted by molar-refractivity contribution is 8.00. The summed E-state index contributed by atoms with van der Waals surface area (Å²) in [5, 5.41) is 9.55. The van der Waals surface area contributed by atoms with Crippen LogP contribution < -0.4 is 0 Å². The first-order valence-electron chi connectivity index (χ1n) is 9.68. The van der Waals surface area contributed by atoms with Gasteiger partial charge in [-0.3, -0.25) is 9.36 Å². The monoisotopic (exact) mass is 374 g/mol. The van der Waals surface area contributed by atoms with Gasteiger partial charge in [-0.25, -0.2) is 0 Å². The Morgan fingerprint density at radius 3 is 2.65 bits per heavy atom. The van der Waals surface area contributed by atoms with E-state index in [4.69, 9.17) is 4.42 Å². The predicted molar refractivity (Wildman–Crippen MR) is 101 cm³/mol. The minimum atomic E-state index is -0.149. The number of furan rings is 1. The molecule has 0 aromatic carbocycles. The number of amides is 1. The van der Waals surface area contributed by atoms with Crippen LogP contribution in [0.25, 0.3) is 11.6 Å². The molecule has 1 atom stereocenters. The Bertz CT molecular complexity index is 731. The lowest BCUT2D eigenvalue weighted by atomic mass is 9.95. The number of likely N-dealkylation sites (tertiary alicyclic amines) is 1. The van der Waals surface area contributed by atoms with Gasteiger partial charge in [-0.1, -0.05) is 31.0 Å². The van der Waals surface area contributed by atoms with Crippen LogP contribution in [0.4, 0.5) is 0 Å². The standard InChI is InChI=1S/C19H26N4O2S/c1-14(18(24)22-11-5-6-12-22)26-19-21-20-17(16-10-7-13-25-16)23(19)15-8-3-2-4-9-15/h7,10,13-15H,2-6,8-9,11-12H2,1H3. The minimum absolute atomic E-state index is 0.149. The van der Waals surface area contributed by atoms with E-state index in [0.29, 0.717) is 6.04 Å². The molecule has 1 amide bonds. The number of carbonyl (C=O) groups excluding carboxylic acids is 1. The van der Waals surface area contributed by atoms with E-state index in [1.807, 2.05) is 24.0 Å². The molecule has 0 spiro atoms. The summed E-state index contributed by atoms with van der Waals surface area (Å²) in [7, 11) is 0. The van der Waals surface area contributed by atoms with Gasteiger partial charge in [0.2, 0.25) is 11.7 Å². The molecule has 1 saturated heterocycles. The van der Waals surface area contributed by atoms with Gasteiger partial charge in [0.15, 0.2) is 10.9 Å². The van der Waals surface area contributed by atoms with Crippen molar-refractivity contribution in [1.82, 2.24) is 19.7 Å². The molecule has 7 heteroatoms. The van der Waals surface area contributed by atoms with Crippen LogP contribution in [0.15, 0.2) is 28.0 Å². The van der Waals surface area contributed by atoms with Crippen molar-refractivity contribution >= 4 is 17.7 Å². The molecule has 0 radical (unpaired) electrons. The number of thioether (sulfide) groups is 1. The van der Waals surface area contributed by atoms with Gasteiger partial charge in [-0.05, 0) is 44.7 Å². The van der Waals surface area contributed by atoms with Crippen LogP contribution in [-0.2, 0) is 4.79 Å². The van der Waals surface area contributed by atoms with E-state index < -0.39 is 0 Å². The molecule has 140 valence electrons. The third-order valence-corrected chi connectivity index (χ3v) is 6.44. The molecular formula is C19H26N4O2S. The summed E-state index contributed by atoms with van der Waals surface area (Å²) in [5.74, 6) is 1.74. The van der Waals surface area contributed by atoms with E-state index in [1.54, 1.807) is 6.26 Å². The van der Waals surface area contributed by atoms with Crippen LogP contribution >= 0.6 is 11.8 Å². The number of rotatable bonds is 5. The van der Waals surface area contributed by atoms with Gasteiger partial charge in [0.1, 0.15) is 0 Å². The average Bonchev–Trinajstić information content (AvgIpc) is 3.42. The Hall–Kier alpha value is -1.76. The molecule has 4 rings (SSSR count). The third kappa shape index (κ3) is 3.54. The van der Waals surface area contributed by atoms with Crippen molar-refractivity contribution in [2.45, 2.75) is 68.3 Å². The number of hydrogen-bond acceptors (Lipinski definition) is 5. The van der Waals surface area contributed by atoms with Crippen molar-refractivity contribution in [2.24, 2.45) is 0 Å². The molecule has 0 N–H and O–H groups in total. The van der Waals surface area contributed by atoms with Gasteiger partial charge < -0.3 is 9.32 Å². The maximum atomic E-state index is 12.7. The van der Waals surface area contributed by atoms with Crippen molar-refractivity contribution in [3.8, 4) is 11.6 Å². The topological polar surface area (TPSA) is 64.2 Å². The first-order chi connectivity index (χ1) is 12.7. The Morgan fingerprint density at radius 2 is 1.96 bits per heavy atom. The first kappa shape index (κ1) is 17.6. The summed E-state index contributed by atoms with van der Waals surface area (Å²) in [5.41, 5.74) is 0. The van der Waals surface area contributed by atoms with E-state index in [1.165, 1.54) is 31.0 Å². The largest absolute Gasteiger partial charge is 0.461 e. The zero-order valence-corrected chi connectivity index (χ0v) is 16.1. The molecule has 6 nitrogen and oxygen atoms in total. The molecule has 1 aliphatic carbocycles. The van der Waals surface area contributed by atoms with Gasteiger partial charge in [-0.2, -0.15) is 0 Å². The highest BCUT2D eigenvalue weighted by Crippen LogP contribution is 2.37. The van der Waals surface area contributed by atoms with Crippen molar-refractivity contribution < 1.29 is 9.21 Å². The molecule has 1 unspecified atom stereocenters. The van der Waals surface area contributed by atoms with Gasteiger partial charge >= 0.3 is 0 Å². The normalized spacial score (nSPS) is 19.8. The first-order valence-corrected chi connectivity index (χ1v) is 10.6. The summed E-state index contributed by atoms with van der Waals surface area (Å²) < 4.78 is 7.81. The van der Waals surface area contributed by atoms with E-state index in [0.717, 1.165) is 55.5 Å². The summed E-state index contributed by atoms with van der Waals surface area (Å²) in [4.78, 5) is 14.7. The number of hydrogen-bond donors (Lipinski definition) is 0. The van der Waals surface area contributed by atoms with E-state index in [9.17, 15) is 4.79 Å². The smallest absolute Gasteiger partial charge is 0.235 e. The number of nitrogens with zero attached hydrogens (tertiary/aromatic N) is 4. The Balaban J connectivity index is 1.59. The molecular weight excluding hydrogens is 348 g/mol. The second kappa shape index (κ2) is 7.86. The second-order valence-electron chi connectivity index (χ2n) is 7.24. The summed E-state index contributed by atoms with van der Waals surface area (Å²) in [6.45, 7) is 3.76. The van der Waals surface area contributed by atoms with E-state index >= 15 is 0 Å². The zero-order chi connectivity index (χ0) is 17.9. The van der Waals surface area contributed by atoms with Crippen LogP contribution in [0, 0.1) is 0 Å². The molecule has 2 aliphatic rings. The molecule has 2 aromatic heterocycles. The molecule has 2 fully saturated rings. The summed E-state index contributed by atoms with van der Waals surface area (Å²) in [6.07, 6.45) is 9.91. The van der Waals surface area contributed by atoms with Crippen molar-refractivity contribution in [3.05, 3.63) is 18.4 Å². The highest BCUT2D eigenvalue weighted by atomic mass is 32.2. The van der Waals surface area contributed by atoms with Gasteiger partial charge in [0.05, 0.1) is 11.5 Å². The van der Waals surface area contributed by atoms with Crippen molar-refractivity contribution in [2.75, 3.05) is 13.1 Å². The molecule has 1 aliphatic heterocycles. The molecule has 3 heterocycles. The Morgan fingerprint density at radius 1 is 1.19 bits per heavy atom. The fourth-order valence-corrected chi connectivity index (χ4v) is 5.01. The predicted octanol–water partition coefficient (Wildman–Crippen LogP) is 4.15. The van der Waals surface area contributed by atoms with Crippen LogP contribution in [0.2, 0.25) is 0 Å². The summed E-state index contributed by atoms with van der Waals surface area (Å²) in [6, 6.07) is 4.19. The maximum absolute atomic E-state index is 12.7. The van der Waals surface area contributed by atoms with Gasteiger partial charge in [0.25, 0.3) is 0 Å². The fourth-order valence-electron chi connectivity index (χ4n) is 4.00.